The number of amides is 1. The molecule has 230 valence electrons. The van der Waals surface area contributed by atoms with Crippen molar-refractivity contribution in [3.63, 3.8) is 0 Å². The SMILES string of the molecule is Cc1ccc(C(=O)OC[C@H]2O[C@@H](n3cc(I)c4c(Cl)nc(NC(=O)C(C)(C)C)nc43)C[C@@H]2OC(=O)c2ccc(C)cc2)cc1. The molecule has 0 spiro atoms. The zero-order valence-electron chi connectivity index (χ0n) is 24.9. The van der Waals surface area contributed by atoms with Gasteiger partial charge in [-0.25, -0.2) is 9.59 Å². The van der Waals surface area contributed by atoms with Gasteiger partial charge >= 0.3 is 11.9 Å². The Labute approximate surface area is 273 Å². The lowest BCUT2D eigenvalue weighted by molar-refractivity contribution is -0.123. The monoisotopic (exact) mass is 730 g/mol. The molecule has 2 aromatic carbocycles. The first-order chi connectivity index (χ1) is 20.8. The zero-order chi connectivity index (χ0) is 31.8. The van der Waals surface area contributed by atoms with E-state index in [0.29, 0.717) is 22.2 Å². The molecule has 1 amide bonds. The average molecular weight is 731 g/mol. The maximum absolute atomic E-state index is 13.1. The number of fused-ring (bicyclic) bond motifs is 1. The van der Waals surface area contributed by atoms with Gasteiger partial charge in [-0.05, 0) is 60.7 Å². The number of aromatic nitrogens is 3. The molecule has 1 aliphatic rings. The molecule has 2 aromatic heterocycles. The predicted molar refractivity (Wildman–Crippen MR) is 174 cm³/mol. The predicted octanol–water partition coefficient (Wildman–Crippen LogP) is 6.66. The second-order valence-corrected chi connectivity index (χ2v) is 13.3. The highest BCUT2D eigenvalue weighted by atomic mass is 127. The molecular formula is C32H32ClIN4O6. The van der Waals surface area contributed by atoms with Crippen molar-refractivity contribution in [2.75, 3.05) is 11.9 Å². The van der Waals surface area contributed by atoms with Gasteiger partial charge in [-0.15, -0.1) is 0 Å². The standard InChI is InChI=1S/C32H32ClIN4O6/c1-17-6-10-19(11-7-17)28(39)42-16-23-22(44-29(40)20-12-8-18(2)9-13-20)14-24(43-23)38-15-21(34)25-26(33)35-31(36-27(25)38)37-30(41)32(3,4)5/h6-13,15,22-24H,14,16H2,1-5H3,(H,35,36,37,41)/t22-,23+,24+/m0/s1. The minimum absolute atomic E-state index is 0.0575. The van der Waals surface area contributed by atoms with E-state index >= 15 is 0 Å². The number of ether oxygens (including phenoxy) is 3. The lowest BCUT2D eigenvalue weighted by Gasteiger charge is -2.19. The summed E-state index contributed by atoms with van der Waals surface area (Å²) in [7, 11) is 0. The molecule has 0 radical (unpaired) electrons. The number of halogens is 2. The van der Waals surface area contributed by atoms with Crippen LogP contribution in [0.1, 0.15) is 65.3 Å². The number of hydrogen-bond donors (Lipinski definition) is 1. The highest BCUT2D eigenvalue weighted by molar-refractivity contribution is 14.1. The van der Waals surface area contributed by atoms with Crippen LogP contribution in [-0.2, 0) is 19.0 Å². The van der Waals surface area contributed by atoms with Crippen molar-refractivity contribution in [3.05, 3.63) is 85.7 Å². The van der Waals surface area contributed by atoms with E-state index in [4.69, 9.17) is 25.8 Å². The van der Waals surface area contributed by atoms with E-state index in [9.17, 15) is 14.4 Å². The van der Waals surface area contributed by atoms with Crippen LogP contribution in [0.15, 0.2) is 54.7 Å². The van der Waals surface area contributed by atoms with Gasteiger partial charge in [0, 0.05) is 21.6 Å². The summed E-state index contributed by atoms with van der Waals surface area (Å²) in [6.45, 7) is 9.06. The first-order valence-corrected chi connectivity index (χ1v) is 15.5. The van der Waals surface area contributed by atoms with Crippen LogP contribution in [0.4, 0.5) is 5.95 Å². The van der Waals surface area contributed by atoms with Gasteiger partial charge in [-0.2, -0.15) is 9.97 Å². The Hall–Kier alpha value is -3.55. The quantitative estimate of drug-likeness (QED) is 0.127. The molecule has 10 nitrogen and oxygen atoms in total. The second-order valence-electron chi connectivity index (χ2n) is 11.8. The van der Waals surface area contributed by atoms with Crippen LogP contribution in [0.5, 0.6) is 0 Å². The number of hydrogen-bond acceptors (Lipinski definition) is 8. The number of nitrogens with zero attached hydrogens (tertiary/aromatic N) is 3. The Bertz CT molecular complexity index is 1720. The molecular weight excluding hydrogens is 699 g/mol. The van der Waals surface area contributed by atoms with Crippen LogP contribution in [0.3, 0.4) is 0 Å². The summed E-state index contributed by atoms with van der Waals surface area (Å²) in [6, 6.07) is 14.1. The summed E-state index contributed by atoms with van der Waals surface area (Å²) < 4.78 is 20.4. The number of esters is 2. The van der Waals surface area contributed by atoms with E-state index in [1.165, 1.54) is 0 Å². The summed E-state index contributed by atoms with van der Waals surface area (Å²) >= 11 is 8.69. The van der Waals surface area contributed by atoms with Crippen molar-refractivity contribution in [2.45, 2.75) is 59.5 Å². The molecule has 1 saturated heterocycles. The maximum Gasteiger partial charge on any atom is 0.338 e. The third kappa shape index (κ3) is 7.05. The number of rotatable bonds is 7. The minimum atomic E-state index is -0.767. The van der Waals surface area contributed by atoms with Crippen molar-refractivity contribution in [1.82, 2.24) is 14.5 Å². The van der Waals surface area contributed by atoms with E-state index in [0.717, 1.165) is 14.7 Å². The average Bonchev–Trinajstić information content (AvgIpc) is 3.52. The molecule has 0 saturated carbocycles. The van der Waals surface area contributed by atoms with Gasteiger partial charge in [0.25, 0.3) is 0 Å². The molecule has 1 fully saturated rings. The van der Waals surface area contributed by atoms with Crippen molar-refractivity contribution in [3.8, 4) is 0 Å². The largest absolute Gasteiger partial charge is 0.459 e. The van der Waals surface area contributed by atoms with Crippen LogP contribution >= 0.6 is 34.2 Å². The molecule has 0 unspecified atom stereocenters. The number of aryl methyl sites for hydroxylation is 2. The highest BCUT2D eigenvalue weighted by Gasteiger charge is 2.41. The van der Waals surface area contributed by atoms with Crippen molar-refractivity contribution >= 4 is 69.0 Å². The number of carbonyl (C=O) groups is 3. The summed E-state index contributed by atoms with van der Waals surface area (Å²) in [5.74, 6) is -1.24. The molecule has 5 rings (SSSR count). The van der Waals surface area contributed by atoms with Gasteiger partial charge in [0.1, 0.15) is 35.8 Å². The Morgan fingerprint density at radius 2 is 1.59 bits per heavy atom. The number of anilines is 1. The van der Waals surface area contributed by atoms with Gasteiger partial charge in [0.15, 0.2) is 0 Å². The molecule has 0 aliphatic carbocycles. The molecule has 4 aromatic rings. The molecule has 3 atom stereocenters. The fourth-order valence-electron chi connectivity index (χ4n) is 4.60. The Balaban J connectivity index is 1.43. The fraction of sp³-hybridized carbons (Fsp3) is 0.344. The van der Waals surface area contributed by atoms with E-state index in [2.05, 4.69) is 37.9 Å². The molecule has 3 heterocycles. The smallest absolute Gasteiger partial charge is 0.338 e. The van der Waals surface area contributed by atoms with Crippen LogP contribution in [0.25, 0.3) is 11.0 Å². The first-order valence-electron chi connectivity index (χ1n) is 14.0. The summed E-state index contributed by atoms with van der Waals surface area (Å²) in [4.78, 5) is 47.4. The third-order valence-electron chi connectivity index (χ3n) is 7.19. The van der Waals surface area contributed by atoms with E-state index < -0.39 is 35.8 Å². The summed E-state index contributed by atoms with van der Waals surface area (Å²) in [5, 5.41) is 3.49. The lowest BCUT2D eigenvalue weighted by Crippen LogP contribution is -2.32. The van der Waals surface area contributed by atoms with E-state index in [-0.39, 0.29) is 30.0 Å². The highest BCUT2D eigenvalue weighted by Crippen LogP contribution is 2.37. The molecule has 1 N–H and O–H groups in total. The van der Waals surface area contributed by atoms with Crippen molar-refractivity contribution < 1.29 is 28.6 Å². The van der Waals surface area contributed by atoms with Crippen molar-refractivity contribution in [2.24, 2.45) is 5.41 Å². The number of carbonyl (C=O) groups excluding carboxylic acids is 3. The van der Waals surface area contributed by atoms with Gasteiger partial charge in [-0.1, -0.05) is 67.8 Å². The Morgan fingerprint density at radius 3 is 2.18 bits per heavy atom. The Kier molecular flexibility index (Phi) is 9.28. The van der Waals surface area contributed by atoms with Crippen molar-refractivity contribution in [1.29, 1.82) is 0 Å². The van der Waals surface area contributed by atoms with Gasteiger partial charge in [0.05, 0.1) is 16.5 Å². The van der Waals surface area contributed by atoms with E-state index in [1.54, 1.807) is 49.6 Å². The van der Waals surface area contributed by atoms with Crippen LogP contribution in [0, 0.1) is 22.8 Å². The topological polar surface area (TPSA) is 122 Å². The normalized spacial score (nSPS) is 18.3. The minimum Gasteiger partial charge on any atom is -0.459 e. The van der Waals surface area contributed by atoms with Gasteiger partial charge < -0.3 is 18.8 Å². The van der Waals surface area contributed by atoms with Crippen LogP contribution in [0.2, 0.25) is 5.15 Å². The summed E-state index contributed by atoms with van der Waals surface area (Å²) in [6.07, 6.45) is -0.110. The molecule has 1 aliphatic heterocycles. The lowest BCUT2D eigenvalue weighted by atomic mass is 9.96. The number of nitrogens with one attached hydrogen (secondary N) is 1. The third-order valence-corrected chi connectivity index (χ3v) is 8.28. The van der Waals surface area contributed by atoms with Gasteiger partial charge in [0.2, 0.25) is 11.9 Å². The molecule has 44 heavy (non-hydrogen) atoms. The number of benzene rings is 2. The van der Waals surface area contributed by atoms with Crippen LogP contribution in [-0.4, -0.2) is 51.2 Å². The fourth-order valence-corrected chi connectivity index (χ4v) is 5.82. The van der Waals surface area contributed by atoms with Gasteiger partial charge in [-0.3, -0.25) is 10.1 Å². The summed E-state index contributed by atoms with van der Waals surface area (Å²) in [5.41, 5.74) is 2.59. The maximum atomic E-state index is 13.1. The zero-order valence-corrected chi connectivity index (χ0v) is 27.8. The second kappa shape index (κ2) is 12.8. The van der Waals surface area contributed by atoms with E-state index in [1.807, 2.05) is 44.3 Å². The molecule has 12 heteroatoms. The molecule has 0 bridgehead atoms. The Morgan fingerprint density at radius 1 is 1.00 bits per heavy atom. The van der Waals surface area contributed by atoms with Crippen LogP contribution < -0.4 is 5.32 Å². The first kappa shape index (κ1) is 31.9.